The van der Waals surface area contributed by atoms with Crippen LogP contribution in [0.5, 0.6) is 5.75 Å². The third-order valence-electron chi connectivity index (χ3n) is 2.81. The van der Waals surface area contributed by atoms with Gasteiger partial charge in [0.1, 0.15) is 5.75 Å². The Morgan fingerprint density at radius 2 is 1.65 bits per heavy atom. The second kappa shape index (κ2) is 6.41. The third kappa shape index (κ3) is 3.84. The molecule has 0 saturated carbocycles. The van der Waals surface area contributed by atoms with Crippen LogP contribution >= 0.6 is 31.9 Å². The molecule has 1 N–H and O–H groups in total. The third-order valence-corrected chi connectivity index (χ3v) is 3.73. The summed E-state index contributed by atoms with van der Waals surface area (Å²) in [4.78, 5) is 14.0. The van der Waals surface area contributed by atoms with Crippen molar-refractivity contribution < 1.29 is 9.90 Å². The summed E-state index contributed by atoms with van der Waals surface area (Å²) in [6.07, 6.45) is 0. The van der Waals surface area contributed by atoms with E-state index in [0.717, 1.165) is 14.5 Å². The van der Waals surface area contributed by atoms with Crippen molar-refractivity contribution in [3.05, 3.63) is 62.5 Å². The van der Waals surface area contributed by atoms with Crippen molar-refractivity contribution in [3.8, 4) is 5.75 Å². The highest BCUT2D eigenvalue weighted by Gasteiger charge is 2.13. The van der Waals surface area contributed by atoms with E-state index in [0.29, 0.717) is 12.1 Å². The average molecular weight is 399 g/mol. The quantitative estimate of drug-likeness (QED) is 0.841. The van der Waals surface area contributed by atoms with Crippen molar-refractivity contribution >= 4 is 37.8 Å². The largest absolute Gasteiger partial charge is 0.508 e. The first-order valence-corrected chi connectivity index (χ1v) is 7.54. The van der Waals surface area contributed by atoms with Gasteiger partial charge in [-0.05, 0) is 35.9 Å². The second-order valence-corrected chi connectivity index (χ2v) is 6.32. The lowest BCUT2D eigenvalue weighted by molar-refractivity contribution is 0.0785. The standard InChI is InChI=1S/C15H13Br2NO2/c1-18(9-10-2-4-14(19)5-3-10)15(20)11-6-12(16)8-13(17)7-11/h2-8,19H,9H2,1H3. The summed E-state index contributed by atoms with van der Waals surface area (Å²) in [6, 6.07) is 12.3. The molecule has 1 amide bonds. The Bertz CT molecular complexity index is 606. The molecule has 0 atom stereocenters. The fourth-order valence-corrected chi connectivity index (χ4v) is 3.14. The zero-order valence-corrected chi connectivity index (χ0v) is 14.0. The van der Waals surface area contributed by atoms with Gasteiger partial charge in [-0.3, -0.25) is 4.79 Å². The maximum atomic E-state index is 12.4. The number of phenols is 1. The van der Waals surface area contributed by atoms with E-state index in [9.17, 15) is 9.90 Å². The number of benzene rings is 2. The number of rotatable bonds is 3. The lowest BCUT2D eigenvalue weighted by Gasteiger charge is -2.17. The van der Waals surface area contributed by atoms with Crippen LogP contribution in [0.2, 0.25) is 0 Å². The molecule has 0 spiro atoms. The monoisotopic (exact) mass is 397 g/mol. The summed E-state index contributed by atoms with van der Waals surface area (Å²) in [7, 11) is 1.75. The van der Waals surface area contributed by atoms with Crippen LogP contribution in [0.3, 0.4) is 0 Å². The Morgan fingerprint density at radius 1 is 1.10 bits per heavy atom. The summed E-state index contributed by atoms with van der Waals surface area (Å²) in [5.74, 6) is 0.165. The molecule has 0 aliphatic carbocycles. The number of nitrogens with zero attached hydrogens (tertiary/aromatic N) is 1. The molecule has 5 heteroatoms. The minimum Gasteiger partial charge on any atom is -0.508 e. The van der Waals surface area contributed by atoms with E-state index in [1.165, 1.54) is 0 Å². The molecule has 2 aromatic carbocycles. The molecular weight excluding hydrogens is 386 g/mol. The molecule has 0 aliphatic heterocycles. The predicted molar refractivity (Wildman–Crippen MR) is 85.7 cm³/mol. The number of aromatic hydroxyl groups is 1. The predicted octanol–water partition coefficient (Wildman–Crippen LogP) is 4.19. The maximum absolute atomic E-state index is 12.4. The normalized spacial score (nSPS) is 10.3. The van der Waals surface area contributed by atoms with Gasteiger partial charge in [0.15, 0.2) is 0 Å². The number of hydrogen-bond donors (Lipinski definition) is 1. The Labute approximate surface area is 134 Å². The number of halogens is 2. The van der Waals surface area contributed by atoms with Crippen molar-refractivity contribution in [1.29, 1.82) is 0 Å². The van der Waals surface area contributed by atoms with Crippen molar-refractivity contribution in [2.45, 2.75) is 6.54 Å². The van der Waals surface area contributed by atoms with Gasteiger partial charge in [0.05, 0.1) is 0 Å². The summed E-state index contributed by atoms with van der Waals surface area (Å²) in [6.45, 7) is 0.489. The van der Waals surface area contributed by atoms with Crippen LogP contribution in [-0.4, -0.2) is 23.0 Å². The molecule has 0 bridgehead atoms. The maximum Gasteiger partial charge on any atom is 0.253 e. The highest BCUT2D eigenvalue weighted by molar-refractivity contribution is 9.11. The smallest absolute Gasteiger partial charge is 0.253 e. The zero-order valence-electron chi connectivity index (χ0n) is 10.8. The van der Waals surface area contributed by atoms with Crippen LogP contribution in [0.25, 0.3) is 0 Å². The van der Waals surface area contributed by atoms with E-state index in [-0.39, 0.29) is 11.7 Å². The van der Waals surface area contributed by atoms with Crippen molar-refractivity contribution in [1.82, 2.24) is 4.90 Å². The second-order valence-electron chi connectivity index (χ2n) is 4.49. The van der Waals surface area contributed by atoms with Crippen molar-refractivity contribution in [2.24, 2.45) is 0 Å². The molecule has 104 valence electrons. The van der Waals surface area contributed by atoms with Gasteiger partial charge in [0.2, 0.25) is 0 Å². The Hall–Kier alpha value is -1.33. The van der Waals surface area contributed by atoms with Gasteiger partial charge >= 0.3 is 0 Å². The molecule has 20 heavy (non-hydrogen) atoms. The minimum atomic E-state index is -0.0555. The molecule has 0 unspecified atom stereocenters. The minimum absolute atomic E-state index is 0.0555. The van der Waals surface area contributed by atoms with E-state index in [2.05, 4.69) is 31.9 Å². The van der Waals surface area contributed by atoms with Crippen LogP contribution in [0, 0.1) is 0 Å². The van der Waals surface area contributed by atoms with Gasteiger partial charge in [-0.15, -0.1) is 0 Å². The van der Waals surface area contributed by atoms with Crippen LogP contribution in [0.15, 0.2) is 51.4 Å². The van der Waals surface area contributed by atoms with Crippen LogP contribution in [0.4, 0.5) is 0 Å². The van der Waals surface area contributed by atoms with Crippen LogP contribution in [-0.2, 0) is 6.54 Å². The molecule has 0 saturated heterocycles. The van der Waals surface area contributed by atoms with E-state index >= 15 is 0 Å². The van der Waals surface area contributed by atoms with Gasteiger partial charge < -0.3 is 10.0 Å². The van der Waals surface area contributed by atoms with Gasteiger partial charge in [-0.2, -0.15) is 0 Å². The molecular formula is C15H13Br2NO2. The average Bonchev–Trinajstić information content (AvgIpc) is 2.39. The number of carbonyl (C=O) groups is 1. The Kier molecular flexibility index (Phi) is 4.83. The fraction of sp³-hybridized carbons (Fsp3) is 0.133. The molecule has 3 nitrogen and oxygen atoms in total. The first-order valence-electron chi connectivity index (χ1n) is 5.95. The van der Waals surface area contributed by atoms with Gasteiger partial charge in [-0.25, -0.2) is 0 Å². The molecule has 2 aromatic rings. The molecule has 2 rings (SSSR count). The van der Waals surface area contributed by atoms with Crippen LogP contribution in [0.1, 0.15) is 15.9 Å². The fourth-order valence-electron chi connectivity index (χ4n) is 1.84. The van der Waals surface area contributed by atoms with Crippen LogP contribution < -0.4 is 0 Å². The van der Waals surface area contributed by atoms with E-state index in [4.69, 9.17) is 0 Å². The number of hydrogen-bond acceptors (Lipinski definition) is 2. The molecule has 0 fully saturated rings. The van der Waals surface area contributed by atoms with E-state index in [1.807, 2.05) is 6.07 Å². The summed E-state index contributed by atoms with van der Waals surface area (Å²) >= 11 is 6.75. The first-order chi connectivity index (χ1) is 9.45. The summed E-state index contributed by atoms with van der Waals surface area (Å²) in [5, 5.41) is 9.25. The van der Waals surface area contributed by atoms with Crippen molar-refractivity contribution in [3.63, 3.8) is 0 Å². The number of phenolic OH excluding ortho intramolecular Hbond substituents is 1. The molecule has 0 radical (unpaired) electrons. The topological polar surface area (TPSA) is 40.5 Å². The molecule has 0 aromatic heterocycles. The Morgan fingerprint density at radius 3 is 2.20 bits per heavy atom. The molecule has 0 aliphatic rings. The SMILES string of the molecule is CN(Cc1ccc(O)cc1)C(=O)c1cc(Br)cc(Br)c1. The van der Waals surface area contributed by atoms with Gasteiger partial charge in [0.25, 0.3) is 5.91 Å². The molecule has 0 heterocycles. The highest BCUT2D eigenvalue weighted by Crippen LogP contribution is 2.21. The number of carbonyl (C=O) groups excluding carboxylic acids is 1. The lowest BCUT2D eigenvalue weighted by atomic mass is 10.1. The lowest BCUT2D eigenvalue weighted by Crippen LogP contribution is -2.26. The summed E-state index contributed by atoms with van der Waals surface area (Å²) < 4.78 is 1.71. The highest BCUT2D eigenvalue weighted by atomic mass is 79.9. The Balaban J connectivity index is 2.14. The zero-order chi connectivity index (χ0) is 14.7. The van der Waals surface area contributed by atoms with E-state index in [1.54, 1.807) is 48.3 Å². The van der Waals surface area contributed by atoms with Crippen molar-refractivity contribution in [2.75, 3.05) is 7.05 Å². The van der Waals surface area contributed by atoms with Gasteiger partial charge in [0, 0.05) is 28.1 Å². The van der Waals surface area contributed by atoms with E-state index < -0.39 is 0 Å². The number of amides is 1. The first kappa shape index (κ1) is 15.1. The summed E-state index contributed by atoms with van der Waals surface area (Å²) in [5.41, 5.74) is 1.58. The van der Waals surface area contributed by atoms with Gasteiger partial charge in [-0.1, -0.05) is 44.0 Å².